The summed E-state index contributed by atoms with van der Waals surface area (Å²) in [6.07, 6.45) is 0.906. The molecule has 1 rings (SSSR count). The van der Waals surface area contributed by atoms with Crippen LogP contribution in [0.4, 0.5) is 0 Å². The van der Waals surface area contributed by atoms with E-state index in [2.05, 4.69) is 5.32 Å². The first kappa shape index (κ1) is 17.9. The Bertz CT molecular complexity index is 519. The Balaban J connectivity index is 2.36. The zero-order valence-electron chi connectivity index (χ0n) is 13.5. The molecular formula is C17H24N2O3. The van der Waals surface area contributed by atoms with Crippen molar-refractivity contribution in [3.05, 3.63) is 35.4 Å². The predicted molar refractivity (Wildman–Crippen MR) is 85.7 cm³/mol. The van der Waals surface area contributed by atoms with Gasteiger partial charge in [0.1, 0.15) is 0 Å². The summed E-state index contributed by atoms with van der Waals surface area (Å²) in [5.41, 5.74) is 1.41. The predicted octanol–water partition coefficient (Wildman–Crippen LogP) is 1.94. The Morgan fingerprint density at radius 3 is 2.18 bits per heavy atom. The minimum absolute atomic E-state index is 0.0733. The van der Waals surface area contributed by atoms with Gasteiger partial charge in [0.2, 0.25) is 11.7 Å². The molecule has 120 valence electrons. The van der Waals surface area contributed by atoms with Crippen LogP contribution in [0.5, 0.6) is 0 Å². The molecule has 0 radical (unpaired) electrons. The van der Waals surface area contributed by atoms with Crippen LogP contribution in [0.15, 0.2) is 24.3 Å². The van der Waals surface area contributed by atoms with Crippen molar-refractivity contribution in [3.63, 3.8) is 0 Å². The molecule has 1 aromatic rings. The molecule has 5 heteroatoms. The van der Waals surface area contributed by atoms with Crippen molar-refractivity contribution in [2.24, 2.45) is 0 Å². The van der Waals surface area contributed by atoms with Gasteiger partial charge in [0, 0.05) is 31.6 Å². The van der Waals surface area contributed by atoms with Crippen LogP contribution in [0.1, 0.15) is 42.6 Å². The van der Waals surface area contributed by atoms with Gasteiger partial charge in [-0.1, -0.05) is 29.8 Å². The number of amides is 2. The average Bonchev–Trinajstić information content (AvgIpc) is 2.52. The topological polar surface area (TPSA) is 66.5 Å². The van der Waals surface area contributed by atoms with Crippen LogP contribution >= 0.6 is 0 Å². The zero-order chi connectivity index (χ0) is 16.5. The van der Waals surface area contributed by atoms with E-state index in [1.54, 1.807) is 29.2 Å². The van der Waals surface area contributed by atoms with Gasteiger partial charge in [-0.05, 0) is 27.2 Å². The van der Waals surface area contributed by atoms with Crippen LogP contribution in [-0.2, 0) is 9.59 Å². The molecule has 0 saturated heterocycles. The fourth-order valence-electron chi connectivity index (χ4n) is 2.09. The number of carbonyl (C=O) groups is 3. The molecule has 0 spiro atoms. The number of hydrogen-bond donors (Lipinski definition) is 1. The molecular weight excluding hydrogens is 280 g/mol. The third kappa shape index (κ3) is 5.31. The summed E-state index contributed by atoms with van der Waals surface area (Å²) in [7, 11) is 0. The van der Waals surface area contributed by atoms with E-state index in [9.17, 15) is 14.4 Å². The van der Waals surface area contributed by atoms with Gasteiger partial charge in [0.05, 0.1) is 0 Å². The van der Waals surface area contributed by atoms with Crippen LogP contribution in [0, 0.1) is 6.92 Å². The monoisotopic (exact) mass is 304 g/mol. The summed E-state index contributed by atoms with van der Waals surface area (Å²) >= 11 is 0. The van der Waals surface area contributed by atoms with E-state index < -0.39 is 11.7 Å². The highest BCUT2D eigenvalue weighted by molar-refractivity contribution is 6.42. The number of rotatable bonds is 8. The summed E-state index contributed by atoms with van der Waals surface area (Å²) in [4.78, 5) is 37.2. The normalized spacial score (nSPS) is 10.1. The molecule has 2 amide bonds. The van der Waals surface area contributed by atoms with E-state index in [-0.39, 0.29) is 5.91 Å². The third-order valence-corrected chi connectivity index (χ3v) is 3.49. The van der Waals surface area contributed by atoms with E-state index in [1.165, 1.54) is 0 Å². The number of Topliss-reactive ketones (excluding diaryl/α,β-unsaturated/α-hetero) is 1. The largest absolute Gasteiger partial charge is 0.349 e. The van der Waals surface area contributed by atoms with Gasteiger partial charge in [-0.15, -0.1) is 0 Å². The van der Waals surface area contributed by atoms with Crippen molar-refractivity contribution in [1.29, 1.82) is 0 Å². The van der Waals surface area contributed by atoms with E-state index in [0.29, 0.717) is 38.0 Å². The Hall–Kier alpha value is -2.17. The van der Waals surface area contributed by atoms with Crippen LogP contribution < -0.4 is 5.32 Å². The fourth-order valence-corrected chi connectivity index (χ4v) is 2.09. The Labute approximate surface area is 131 Å². The first-order valence-electron chi connectivity index (χ1n) is 7.66. The average molecular weight is 304 g/mol. The van der Waals surface area contributed by atoms with Gasteiger partial charge in [-0.25, -0.2) is 0 Å². The molecule has 0 bridgehead atoms. The van der Waals surface area contributed by atoms with E-state index in [4.69, 9.17) is 0 Å². The minimum atomic E-state index is -0.626. The lowest BCUT2D eigenvalue weighted by atomic mass is 10.1. The van der Waals surface area contributed by atoms with Crippen LogP contribution in [0.25, 0.3) is 0 Å². The highest BCUT2D eigenvalue weighted by atomic mass is 16.2. The molecule has 0 aliphatic rings. The summed E-state index contributed by atoms with van der Waals surface area (Å²) in [6, 6.07) is 6.87. The second-order valence-electron chi connectivity index (χ2n) is 5.12. The molecule has 0 saturated carbocycles. The van der Waals surface area contributed by atoms with Crippen molar-refractivity contribution in [1.82, 2.24) is 10.2 Å². The molecule has 0 atom stereocenters. The highest BCUT2D eigenvalue weighted by Gasteiger charge is 2.15. The summed E-state index contributed by atoms with van der Waals surface area (Å²) < 4.78 is 0. The molecule has 0 heterocycles. The Morgan fingerprint density at radius 2 is 1.64 bits per heavy atom. The van der Waals surface area contributed by atoms with Gasteiger partial charge in [0.15, 0.2) is 0 Å². The van der Waals surface area contributed by atoms with Gasteiger partial charge >= 0.3 is 0 Å². The van der Waals surface area contributed by atoms with Crippen molar-refractivity contribution < 1.29 is 14.4 Å². The number of hydrogen-bond acceptors (Lipinski definition) is 3. The SMILES string of the molecule is CCN(CC)C(=O)CCCNC(=O)C(=O)c1ccc(C)cc1. The Morgan fingerprint density at radius 1 is 1.05 bits per heavy atom. The number of carbonyl (C=O) groups excluding carboxylic acids is 3. The lowest BCUT2D eigenvalue weighted by Crippen LogP contribution is -2.34. The van der Waals surface area contributed by atoms with Gasteiger partial charge in [0.25, 0.3) is 5.91 Å². The quantitative estimate of drug-likeness (QED) is 0.453. The smallest absolute Gasteiger partial charge is 0.292 e. The first-order valence-corrected chi connectivity index (χ1v) is 7.66. The van der Waals surface area contributed by atoms with Crippen molar-refractivity contribution in [2.45, 2.75) is 33.6 Å². The summed E-state index contributed by atoms with van der Waals surface area (Å²) in [5.74, 6) is -1.10. The lowest BCUT2D eigenvalue weighted by molar-refractivity contribution is -0.131. The fraction of sp³-hybridized carbons (Fsp3) is 0.471. The molecule has 22 heavy (non-hydrogen) atoms. The van der Waals surface area contributed by atoms with Crippen LogP contribution in [-0.4, -0.2) is 42.1 Å². The third-order valence-electron chi connectivity index (χ3n) is 3.49. The molecule has 0 aliphatic carbocycles. The van der Waals surface area contributed by atoms with Crippen molar-refractivity contribution in [3.8, 4) is 0 Å². The maximum atomic E-state index is 11.9. The second kappa shape index (κ2) is 8.97. The molecule has 0 unspecified atom stereocenters. The van der Waals surface area contributed by atoms with Gasteiger partial charge < -0.3 is 10.2 Å². The van der Waals surface area contributed by atoms with Gasteiger partial charge in [-0.2, -0.15) is 0 Å². The maximum absolute atomic E-state index is 11.9. The maximum Gasteiger partial charge on any atom is 0.292 e. The zero-order valence-corrected chi connectivity index (χ0v) is 13.5. The molecule has 0 aliphatic heterocycles. The molecule has 0 aromatic heterocycles. The Kier molecular flexibility index (Phi) is 7.29. The number of ketones is 1. The minimum Gasteiger partial charge on any atom is -0.349 e. The van der Waals surface area contributed by atoms with E-state index in [0.717, 1.165) is 5.56 Å². The molecule has 0 fully saturated rings. The van der Waals surface area contributed by atoms with E-state index in [1.807, 2.05) is 20.8 Å². The molecule has 1 N–H and O–H groups in total. The lowest BCUT2D eigenvalue weighted by Gasteiger charge is -2.18. The van der Waals surface area contributed by atoms with E-state index >= 15 is 0 Å². The van der Waals surface area contributed by atoms with Crippen LogP contribution in [0.2, 0.25) is 0 Å². The summed E-state index contributed by atoms with van der Waals surface area (Å²) in [5, 5.41) is 2.57. The number of aryl methyl sites for hydroxylation is 1. The molecule has 5 nitrogen and oxygen atoms in total. The summed E-state index contributed by atoms with van der Waals surface area (Å²) in [6.45, 7) is 7.48. The van der Waals surface area contributed by atoms with Crippen LogP contribution in [0.3, 0.4) is 0 Å². The number of nitrogens with zero attached hydrogens (tertiary/aromatic N) is 1. The molecule has 1 aromatic carbocycles. The second-order valence-corrected chi connectivity index (χ2v) is 5.12. The van der Waals surface area contributed by atoms with Crippen molar-refractivity contribution in [2.75, 3.05) is 19.6 Å². The van der Waals surface area contributed by atoms with Gasteiger partial charge in [-0.3, -0.25) is 14.4 Å². The number of nitrogens with one attached hydrogen (secondary N) is 1. The highest BCUT2D eigenvalue weighted by Crippen LogP contribution is 2.04. The van der Waals surface area contributed by atoms with Crippen molar-refractivity contribution >= 4 is 17.6 Å². The standard InChI is InChI=1S/C17H24N2O3/c1-4-19(5-2)15(20)7-6-12-18-17(22)16(21)14-10-8-13(3)9-11-14/h8-11H,4-7,12H2,1-3H3,(H,18,22). The number of benzene rings is 1. The first-order chi connectivity index (χ1) is 10.5.